The standard InChI is InChI=1S/C48H87O13P/c1-4-5-24-31-42(50)32-26-21-18-19-22-27-33-45(52)46(53)34-29-36-48(55)61-44(40-60-62(56,57)59-38-43(51)37-49)39-58-47(54)35-28-23-17-15-13-11-9-7-6-8-10-12-14-16-20-25-30-41(2)3/h18-19,21-22,26-27,32-33,41-46,49-53H,4-17,20,23-25,28-31,34-40H2,1-3H3,(H,56,57)/b21-18-,22-19+,32-26+,33-27+/t42-,43-,44+,45-,46-/m0/s1. The number of unbranched alkanes of at least 4 members (excludes halogenated alkanes) is 17. The first-order chi connectivity index (χ1) is 29.8. The molecule has 0 aliphatic rings. The number of aliphatic hydroxyl groups is 5. The Bertz CT molecular complexity index is 1240. The molecule has 0 aliphatic carbocycles. The molecule has 0 aliphatic heterocycles. The Balaban J connectivity index is 4.52. The minimum Gasteiger partial charge on any atom is -0.462 e. The molecule has 6 N–H and O–H groups in total. The Morgan fingerprint density at radius 1 is 0.565 bits per heavy atom. The summed E-state index contributed by atoms with van der Waals surface area (Å²) in [5.74, 6) is -0.431. The number of aliphatic hydroxyl groups excluding tert-OH is 5. The third kappa shape index (κ3) is 40.6. The molecule has 0 saturated heterocycles. The number of carbonyl (C=O) groups excluding carboxylic acids is 2. The first-order valence-electron chi connectivity index (χ1n) is 23.8. The van der Waals surface area contributed by atoms with Crippen molar-refractivity contribution in [1.82, 2.24) is 0 Å². The number of allylic oxidation sites excluding steroid dienone is 6. The zero-order chi connectivity index (χ0) is 46.1. The molecule has 0 amide bonds. The van der Waals surface area contributed by atoms with Crippen molar-refractivity contribution in [3.63, 3.8) is 0 Å². The van der Waals surface area contributed by atoms with Crippen molar-refractivity contribution in [2.24, 2.45) is 5.92 Å². The molecule has 0 heterocycles. The van der Waals surface area contributed by atoms with Crippen LogP contribution in [0, 0.1) is 5.92 Å². The molecule has 0 aromatic carbocycles. The Kier molecular flexibility index (Phi) is 40.0. The average molecular weight is 903 g/mol. The SMILES string of the molecule is CCCCC[C@H](O)/C=C/C=C\C=C\C=C\[C@H](O)[C@@H](O)CCCC(=O)O[C@H](COC(=O)CCCCCCCCCCCCCCCCCCC(C)C)COP(=O)(O)OC[C@@H](O)CO. The highest BCUT2D eigenvalue weighted by molar-refractivity contribution is 7.47. The molecule has 14 heteroatoms. The van der Waals surface area contributed by atoms with Crippen molar-refractivity contribution in [1.29, 1.82) is 0 Å². The van der Waals surface area contributed by atoms with Gasteiger partial charge in [0.15, 0.2) is 6.10 Å². The summed E-state index contributed by atoms with van der Waals surface area (Å²) in [6, 6.07) is 0. The third-order valence-electron chi connectivity index (χ3n) is 10.3. The van der Waals surface area contributed by atoms with Gasteiger partial charge in [-0.05, 0) is 31.6 Å². The highest BCUT2D eigenvalue weighted by Gasteiger charge is 2.27. The number of carbonyl (C=O) groups is 2. The largest absolute Gasteiger partial charge is 0.472 e. The summed E-state index contributed by atoms with van der Waals surface area (Å²) in [7, 11) is -4.72. The minimum absolute atomic E-state index is 0.0671. The van der Waals surface area contributed by atoms with E-state index < -0.39 is 76.7 Å². The molecular formula is C48H87O13P. The fourth-order valence-electron chi connectivity index (χ4n) is 6.44. The van der Waals surface area contributed by atoms with Crippen LogP contribution in [0.5, 0.6) is 0 Å². The van der Waals surface area contributed by atoms with E-state index in [1.54, 1.807) is 42.5 Å². The van der Waals surface area contributed by atoms with Crippen molar-refractivity contribution in [3.05, 3.63) is 48.6 Å². The Morgan fingerprint density at radius 2 is 1.05 bits per heavy atom. The van der Waals surface area contributed by atoms with Gasteiger partial charge < -0.3 is 39.9 Å². The Labute approximate surface area is 374 Å². The first kappa shape index (κ1) is 59.8. The van der Waals surface area contributed by atoms with Crippen LogP contribution in [-0.2, 0) is 32.7 Å². The molecule has 0 spiro atoms. The Morgan fingerprint density at radius 3 is 1.60 bits per heavy atom. The van der Waals surface area contributed by atoms with E-state index in [4.69, 9.17) is 19.1 Å². The topological polar surface area (TPSA) is 210 Å². The monoisotopic (exact) mass is 903 g/mol. The number of esters is 2. The molecule has 0 bridgehead atoms. The lowest BCUT2D eigenvalue weighted by atomic mass is 10.0. The van der Waals surface area contributed by atoms with Gasteiger partial charge in [-0.25, -0.2) is 4.57 Å². The molecule has 6 atom stereocenters. The van der Waals surface area contributed by atoms with Crippen molar-refractivity contribution in [3.8, 4) is 0 Å². The highest BCUT2D eigenvalue weighted by Crippen LogP contribution is 2.43. The molecule has 0 saturated carbocycles. The third-order valence-corrected chi connectivity index (χ3v) is 11.2. The van der Waals surface area contributed by atoms with Crippen LogP contribution in [0.25, 0.3) is 0 Å². The molecule has 0 radical (unpaired) electrons. The first-order valence-corrected chi connectivity index (χ1v) is 25.3. The number of ether oxygens (including phenoxy) is 2. The second-order valence-corrected chi connectivity index (χ2v) is 18.3. The fraction of sp³-hybridized carbons (Fsp3) is 0.792. The van der Waals surface area contributed by atoms with Gasteiger partial charge in [-0.2, -0.15) is 0 Å². The van der Waals surface area contributed by atoms with Crippen LogP contribution >= 0.6 is 7.82 Å². The number of phosphoric ester groups is 1. The van der Waals surface area contributed by atoms with E-state index >= 15 is 0 Å². The van der Waals surface area contributed by atoms with Crippen molar-refractivity contribution in [2.75, 3.05) is 26.4 Å². The number of rotatable bonds is 43. The lowest BCUT2D eigenvalue weighted by Crippen LogP contribution is -2.30. The van der Waals surface area contributed by atoms with Gasteiger partial charge >= 0.3 is 19.8 Å². The number of hydrogen-bond donors (Lipinski definition) is 6. The summed E-state index contributed by atoms with van der Waals surface area (Å²) >= 11 is 0. The smallest absolute Gasteiger partial charge is 0.462 e. The average Bonchev–Trinajstić information content (AvgIpc) is 3.24. The van der Waals surface area contributed by atoms with Gasteiger partial charge in [0, 0.05) is 12.8 Å². The van der Waals surface area contributed by atoms with Gasteiger partial charge in [0.2, 0.25) is 0 Å². The van der Waals surface area contributed by atoms with Crippen LogP contribution in [0.3, 0.4) is 0 Å². The minimum atomic E-state index is -4.72. The summed E-state index contributed by atoms with van der Waals surface area (Å²) < 4.78 is 32.5. The van der Waals surface area contributed by atoms with E-state index in [-0.39, 0.29) is 25.7 Å². The van der Waals surface area contributed by atoms with Crippen LogP contribution in [0.1, 0.15) is 181 Å². The maximum absolute atomic E-state index is 12.7. The van der Waals surface area contributed by atoms with Gasteiger partial charge in [-0.3, -0.25) is 18.6 Å². The second kappa shape index (κ2) is 41.5. The zero-order valence-electron chi connectivity index (χ0n) is 38.6. The normalized spacial score (nSPS) is 15.8. The van der Waals surface area contributed by atoms with E-state index in [1.807, 2.05) is 0 Å². The van der Waals surface area contributed by atoms with Crippen LogP contribution in [0.15, 0.2) is 48.6 Å². The molecule has 1 unspecified atom stereocenters. The van der Waals surface area contributed by atoms with Crippen LogP contribution in [0.4, 0.5) is 0 Å². The van der Waals surface area contributed by atoms with Gasteiger partial charge in [0.1, 0.15) is 12.7 Å². The lowest BCUT2D eigenvalue weighted by Gasteiger charge is -2.20. The molecule has 362 valence electrons. The highest BCUT2D eigenvalue weighted by atomic mass is 31.2. The van der Waals surface area contributed by atoms with Crippen molar-refractivity contribution in [2.45, 2.75) is 212 Å². The maximum Gasteiger partial charge on any atom is 0.472 e. The summed E-state index contributed by atoms with van der Waals surface area (Å²) in [4.78, 5) is 35.1. The van der Waals surface area contributed by atoms with E-state index in [0.717, 1.165) is 50.9 Å². The van der Waals surface area contributed by atoms with Crippen LogP contribution < -0.4 is 0 Å². The molecule has 13 nitrogen and oxygen atoms in total. The van der Waals surface area contributed by atoms with Crippen molar-refractivity contribution >= 4 is 19.8 Å². The van der Waals surface area contributed by atoms with Crippen LogP contribution in [0.2, 0.25) is 0 Å². The lowest BCUT2D eigenvalue weighted by molar-refractivity contribution is -0.161. The second-order valence-electron chi connectivity index (χ2n) is 16.8. The molecule has 0 rings (SSSR count). The van der Waals surface area contributed by atoms with Gasteiger partial charge in [0.25, 0.3) is 0 Å². The van der Waals surface area contributed by atoms with Crippen LogP contribution in [-0.4, -0.2) is 99.3 Å². The van der Waals surface area contributed by atoms with Gasteiger partial charge in [-0.1, -0.05) is 191 Å². The molecule has 0 aromatic rings. The van der Waals surface area contributed by atoms with E-state index in [9.17, 15) is 39.5 Å². The molecular weight excluding hydrogens is 815 g/mol. The summed E-state index contributed by atoms with van der Waals surface area (Å²) in [6.45, 7) is 4.23. The van der Waals surface area contributed by atoms with E-state index in [2.05, 4.69) is 25.3 Å². The summed E-state index contributed by atoms with van der Waals surface area (Å²) in [5, 5.41) is 48.9. The van der Waals surface area contributed by atoms with Gasteiger partial charge in [0.05, 0.1) is 38.1 Å². The predicted molar refractivity (Wildman–Crippen MR) is 246 cm³/mol. The zero-order valence-corrected chi connectivity index (χ0v) is 39.5. The van der Waals surface area contributed by atoms with E-state index in [1.165, 1.54) is 89.5 Å². The number of hydrogen-bond acceptors (Lipinski definition) is 12. The van der Waals surface area contributed by atoms with Crippen molar-refractivity contribution < 1.29 is 63.1 Å². The summed E-state index contributed by atoms with van der Waals surface area (Å²) in [6.07, 6.45) is 33.0. The predicted octanol–water partition coefficient (Wildman–Crippen LogP) is 9.66. The molecule has 62 heavy (non-hydrogen) atoms. The maximum atomic E-state index is 12.7. The van der Waals surface area contributed by atoms with Gasteiger partial charge in [-0.15, -0.1) is 0 Å². The fourth-order valence-corrected chi connectivity index (χ4v) is 7.23. The summed E-state index contributed by atoms with van der Waals surface area (Å²) in [5.41, 5.74) is 0. The number of phosphoric acid groups is 1. The molecule has 0 fully saturated rings. The van der Waals surface area contributed by atoms with E-state index in [0.29, 0.717) is 6.42 Å². The Hall–Kier alpha value is -2.19. The molecule has 0 aromatic heterocycles. The quantitative estimate of drug-likeness (QED) is 0.0146.